The van der Waals surface area contributed by atoms with E-state index in [0.717, 1.165) is 19.0 Å². The van der Waals surface area contributed by atoms with Gasteiger partial charge in [-0.25, -0.2) is 4.99 Å². The summed E-state index contributed by atoms with van der Waals surface area (Å²) in [5, 5.41) is 3.35. The van der Waals surface area contributed by atoms with Gasteiger partial charge in [0, 0.05) is 27.2 Å². The van der Waals surface area contributed by atoms with Gasteiger partial charge in [-0.3, -0.25) is 0 Å². The number of unbranched alkanes of at least 4 members (excludes halogenated alkanes) is 1. The summed E-state index contributed by atoms with van der Waals surface area (Å²) in [4.78, 5) is 6.91. The highest BCUT2D eigenvalue weighted by atomic mass is 16.5. The normalized spacial score (nSPS) is 11.5. The molecule has 0 aliphatic carbocycles. The summed E-state index contributed by atoms with van der Waals surface area (Å²) in [6.45, 7) is 7.59. The van der Waals surface area contributed by atoms with Crippen molar-refractivity contribution < 1.29 is 4.74 Å². The zero-order valence-corrected chi connectivity index (χ0v) is 13.9. The van der Waals surface area contributed by atoms with E-state index in [0.29, 0.717) is 13.2 Å². The van der Waals surface area contributed by atoms with Crippen LogP contribution in [0.4, 0.5) is 0 Å². The van der Waals surface area contributed by atoms with Crippen LogP contribution in [0, 0.1) is 0 Å². The summed E-state index contributed by atoms with van der Waals surface area (Å²) < 4.78 is 5.12. The van der Waals surface area contributed by atoms with Crippen LogP contribution in [-0.2, 0) is 17.9 Å². The molecule has 0 aliphatic heterocycles. The fourth-order valence-electron chi connectivity index (χ4n) is 2.04. The van der Waals surface area contributed by atoms with E-state index in [9.17, 15) is 0 Å². The maximum Gasteiger partial charge on any atom is 0.193 e. The first-order valence-electron chi connectivity index (χ1n) is 7.77. The van der Waals surface area contributed by atoms with Crippen molar-refractivity contribution in [3.05, 3.63) is 35.4 Å². The Hall–Kier alpha value is -1.55. The summed E-state index contributed by atoms with van der Waals surface area (Å²) in [5.74, 6) is 0.979. The third-order valence-corrected chi connectivity index (χ3v) is 3.29. The van der Waals surface area contributed by atoms with E-state index in [1.54, 1.807) is 7.11 Å². The molecule has 0 heterocycles. The molecule has 1 aromatic rings. The molecule has 0 saturated heterocycles. The summed E-state index contributed by atoms with van der Waals surface area (Å²) >= 11 is 0. The standard InChI is InChI=1S/C17H29N3O/c1-5-7-12-20(3)17(18-6-2)19-13-15-8-10-16(11-9-15)14-21-4/h8-11H,5-7,12-14H2,1-4H3,(H,18,19). The van der Waals surface area contributed by atoms with Crippen LogP contribution in [0.25, 0.3) is 0 Å². The van der Waals surface area contributed by atoms with Crippen molar-refractivity contribution in [2.24, 2.45) is 4.99 Å². The van der Waals surface area contributed by atoms with Gasteiger partial charge in [0.1, 0.15) is 0 Å². The number of hydrogen-bond donors (Lipinski definition) is 1. The number of benzene rings is 1. The van der Waals surface area contributed by atoms with Crippen molar-refractivity contribution in [3.8, 4) is 0 Å². The zero-order valence-electron chi connectivity index (χ0n) is 13.9. The molecule has 4 heteroatoms. The summed E-state index contributed by atoms with van der Waals surface area (Å²) in [6, 6.07) is 8.44. The van der Waals surface area contributed by atoms with Crippen LogP contribution in [0.5, 0.6) is 0 Å². The summed E-state index contributed by atoms with van der Waals surface area (Å²) in [6.07, 6.45) is 2.39. The van der Waals surface area contributed by atoms with Crippen molar-refractivity contribution in [2.75, 3.05) is 27.2 Å². The minimum atomic E-state index is 0.659. The largest absolute Gasteiger partial charge is 0.380 e. The van der Waals surface area contributed by atoms with Gasteiger partial charge in [0.05, 0.1) is 13.2 Å². The molecule has 0 aromatic heterocycles. The number of guanidine groups is 1. The van der Waals surface area contributed by atoms with E-state index in [1.807, 2.05) is 0 Å². The highest BCUT2D eigenvalue weighted by molar-refractivity contribution is 5.79. The Morgan fingerprint density at radius 3 is 2.43 bits per heavy atom. The van der Waals surface area contributed by atoms with Crippen molar-refractivity contribution in [1.82, 2.24) is 10.2 Å². The Bertz CT molecular complexity index is 415. The number of aliphatic imine (C=N–C) groups is 1. The van der Waals surface area contributed by atoms with E-state index < -0.39 is 0 Å². The second kappa shape index (κ2) is 10.2. The molecule has 4 nitrogen and oxygen atoms in total. The molecule has 0 radical (unpaired) electrons. The number of methoxy groups -OCH3 is 1. The smallest absolute Gasteiger partial charge is 0.193 e. The van der Waals surface area contributed by atoms with E-state index in [-0.39, 0.29) is 0 Å². The van der Waals surface area contributed by atoms with Crippen LogP contribution < -0.4 is 5.32 Å². The second-order valence-electron chi connectivity index (χ2n) is 5.19. The van der Waals surface area contributed by atoms with Gasteiger partial charge in [-0.1, -0.05) is 37.6 Å². The highest BCUT2D eigenvalue weighted by Crippen LogP contribution is 2.07. The van der Waals surface area contributed by atoms with Crippen molar-refractivity contribution in [1.29, 1.82) is 0 Å². The Morgan fingerprint density at radius 2 is 1.86 bits per heavy atom. The summed E-state index contributed by atoms with van der Waals surface area (Å²) in [5.41, 5.74) is 2.41. The van der Waals surface area contributed by atoms with Gasteiger partial charge in [-0.15, -0.1) is 0 Å². The van der Waals surface area contributed by atoms with Gasteiger partial charge in [-0.05, 0) is 24.5 Å². The molecule has 0 aliphatic rings. The van der Waals surface area contributed by atoms with Crippen LogP contribution in [-0.4, -0.2) is 38.1 Å². The predicted octanol–water partition coefficient (Wildman–Crippen LogP) is 3.03. The average Bonchev–Trinajstić information content (AvgIpc) is 2.50. The lowest BCUT2D eigenvalue weighted by Gasteiger charge is -2.21. The van der Waals surface area contributed by atoms with E-state index in [1.165, 1.54) is 24.0 Å². The zero-order chi connectivity index (χ0) is 15.5. The third-order valence-electron chi connectivity index (χ3n) is 3.29. The van der Waals surface area contributed by atoms with Crippen LogP contribution in [0.15, 0.2) is 29.3 Å². The number of rotatable bonds is 8. The molecule has 1 aromatic carbocycles. The van der Waals surface area contributed by atoms with Gasteiger partial charge in [-0.2, -0.15) is 0 Å². The van der Waals surface area contributed by atoms with Gasteiger partial charge >= 0.3 is 0 Å². The van der Waals surface area contributed by atoms with Gasteiger partial charge in [0.15, 0.2) is 5.96 Å². The molecule has 0 saturated carbocycles. The van der Waals surface area contributed by atoms with Gasteiger partial charge in [0.2, 0.25) is 0 Å². The topological polar surface area (TPSA) is 36.9 Å². The second-order valence-corrected chi connectivity index (χ2v) is 5.19. The van der Waals surface area contributed by atoms with Crippen molar-refractivity contribution in [3.63, 3.8) is 0 Å². The molecule has 0 fully saturated rings. The third kappa shape index (κ3) is 6.63. The lowest BCUT2D eigenvalue weighted by atomic mass is 10.1. The average molecular weight is 291 g/mol. The first kappa shape index (κ1) is 17.5. The van der Waals surface area contributed by atoms with Crippen molar-refractivity contribution in [2.45, 2.75) is 39.8 Å². The number of hydrogen-bond acceptors (Lipinski definition) is 2. The Labute approximate surface area is 129 Å². The molecule has 118 valence electrons. The van der Waals surface area contributed by atoms with Gasteiger partial charge < -0.3 is 15.0 Å². The summed E-state index contributed by atoms with van der Waals surface area (Å²) in [7, 11) is 3.81. The van der Waals surface area contributed by atoms with Gasteiger partial charge in [0.25, 0.3) is 0 Å². The monoisotopic (exact) mass is 291 g/mol. The molecule has 0 bridgehead atoms. The number of nitrogens with zero attached hydrogens (tertiary/aromatic N) is 2. The minimum absolute atomic E-state index is 0.659. The molecule has 21 heavy (non-hydrogen) atoms. The first-order chi connectivity index (χ1) is 10.2. The molecule has 0 unspecified atom stereocenters. The Kier molecular flexibility index (Phi) is 8.51. The lowest BCUT2D eigenvalue weighted by Crippen LogP contribution is -2.39. The molecule has 1 N–H and O–H groups in total. The number of nitrogens with one attached hydrogen (secondary N) is 1. The lowest BCUT2D eigenvalue weighted by molar-refractivity contribution is 0.185. The Morgan fingerprint density at radius 1 is 1.19 bits per heavy atom. The van der Waals surface area contributed by atoms with E-state index in [2.05, 4.69) is 55.4 Å². The molecular formula is C17H29N3O. The molecule has 0 amide bonds. The molecule has 1 rings (SSSR count). The van der Waals surface area contributed by atoms with E-state index >= 15 is 0 Å². The highest BCUT2D eigenvalue weighted by Gasteiger charge is 2.04. The number of ether oxygens (including phenoxy) is 1. The predicted molar refractivity (Wildman–Crippen MR) is 89.5 cm³/mol. The van der Waals surface area contributed by atoms with Crippen molar-refractivity contribution >= 4 is 5.96 Å². The maximum absolute atomic E-state index is 5.12. The van der Waals surface area contributed by atoms with Crippen LogP contribution in [0.2, 0.25) is 0 Å². The van der Waals surface area contributed by atoms with Crippen LogP contribution in [0.1, 0.15) is 37.8 Å². The SMILES string of the molecule is CCCCN(C)C(=NCc1ccc(COC)cc1)NCC. The maximum atomic E-state index is 5.12. The van der Waals surface area contributed by atoms with Crippen LogP contribution >= 0.6 is 0 Å². The molecular weight excluding hydrogens is 262 g/mol. The fraction of sp³-hybridized carbons (Fsp3) is 0.588. The first-order valence-corrected chi connectivity index (χ1v) is 7.77. The molecule has 0 atom stereocenters. The van der Waals surface area contributed by atoms with Crippen LogP contribution in [0.3, 0.4) is 0 Å². The Balaban J connectivity index is 2.63. The van der Waals surface area contributed by atoms with E-state index in [4.69, 9.17) is 9.73 Å². The minimum Gasteiger partial charge on any atom is -0.380 e. The fourth-order valence-corrected chi connectivity index (χ4v) is 2.04. The quantitative estimate of drug-likeness (QED) is 0.591. The molecule has 0 spiro atoms.